The second-order valence-electron chi connectivity index (χ2n) is 5.02. The van der Waals surface area contributed by atoms with Crippen LogP contribution in [0.25, 0.3) is 0 Å². The van der Waals surface area contributed by atoms with Crippen molar-refractivity contribution in [2.75, 3.05) is 0 Å². The third-order valence-corrected chi connectivity index (χ3v) is 3.29. The second-order valence-corrected chi connectivity index (χ2v) is 5.02. The lowest BCUT2D eigenvalue weighted by Crippen LogP contribution is -2.29. The van der Waals surface area contributed by atoms with Crippen LogP contribution in [-0.2, 0) is 4.79 Å². The van der Waals surface area contributed by atoms with E-state index in [1.54, 1.807) is 0 Å². The van der Waals surface area contributed by atoms with Crippen molar-refractivity contribution in [3.05, 3.63) is 0 Å². The number of unbranched alkanes of at least 4 members (excludes halogenated alkanes) is 8. The van der Waals surface area contributed by atoms with Gasteiger partial charge in [0.1, 0.15) is 0 Å². The maximum absolute atomic E-state index is 11.3. The van der Waals surface area contributed by atoms with Crippen LogP contribution in [0.15, 0.2) is 0 Å². The third kappa shape index (κ3) is 10.3. The minimum atomic E-state index is -0.422. The van der Waals surface area contributed by atoms with Crippen LogP contribution in [0.3, 0.4) is 0 Å². The van der Waals surface area contributed by atoms with Crippen LogP contribution < -0.4 is 5.73 Å². The Morgan fingerprint density at radius 3 is 2.06 bits per heavy atom. The third-order valence-electron chi connectivity index (χ3n) is 3.29. The van der Waals surface area contributed by atoms with E-state index in [0.29, 0.717) is 0 Å². The zero-order valence-electron chi connectivity index (χ0n) is 11.8. The highest BCUT2D eigenvalue weighted by Gasteiger charge is 2.11. The fourth-order valence-corrected chi connectivity index (χ4v) is 2.04. The van der Waals surface area contributed by atoms with E-state index >= 15 is 0 Å². The molecule has 0 fully saturated rings. The number of carbonyl (C=O) groups is 1. The van der Waals surface area contributed by atoms with E-state index in [-0.39, 0.29) is 12.2 Å². The summed E-state index contributed by atoms with van der Waals surface area (Å²) in [6.07, 6.45) is 12.1. The molecule has 2 N–H and O–H groups in total. The van der Waals surface area contributed by atoms with Gasteiger partial charge in [0.25, 0.3) is 0 Å². The summed E-state index contributed by atoms with van der Waals surface area (Å²) in [7, 11) is 0. The molecule has 0 amide bonds. The maximum Gasteiger partial charge on any atom is 0.163 e. The molecule has 0 saturated heterocycles. The molecule has 0 radical (unpaired) electrons. The molecule has 0 aliphatic rings. The van der Waals surface area contributed by atoms with E-state index in [4.69, 9.17) is 11.0 Å². The van der Waals surface area contributed by atoms with Crippen LogP contribution in [0.1, 0.15) is 77.6 Å². The SMILES string of the molecule is CCCCCCCCCCCC(N)C(=O)CC#N. The van der Waals surface area contributed by atoms with Gasteiger partial charge in [-0.15, -0.1) is 0 Å². The first-order valence-electron chi connectivity index (χ1n) is 7.37. The van der Waals surface area contributed by atoms with Gasteiger partial charge in [-0.2, -0.15) is 5.26 Å². The Hall–Kier alpha value is -0.880. The molecular formula is C15H28N2O. The van der Waals surface area contributed by atoms with Gasteiger partial charge in [0.2, 0.25) is 0 Å². The molecule has 3 heteroatoms. The molecular weight excluding hydrogens is 224 g/mol. The average Bonchev–Trinajstić information content (AvgIpc) is 2.36. The smallest absolute Gasteiger partial charge is 0.163 e. The zero-order valence-corrected chi connectivity index (χ0v) is 11.8. The quantitative estimate of drug-likeness (QED) is 0.538. The highest BCUT2D eigenvalue weighted by Crippen LogP contribution is 2.11. The fourth-order valence-electron chi connectivity index (χ4n) is 2.04. The number of hydrogen-bond acceptors (Lipinski definition) is 3. The van der Waals surface area contributed by atoms with Crippen molar-refractivity contribution < 1.29 is 4.79 Å². The first-order chi connectivity index (χ1) is 8.72. The molecule has 104 valence electrons. The summed E-state index contributed by atoms with van der Waals surface area (Å²) in [4.78, 5) is 11.3. The molecule has 0 aromatic rings. The number of ketones is 1. The first-order valence-corrected chi connectivity index (χ1v) is 7.37. The Morgan fingerprint density at radius 1 is 1.06 bits per heavy atom. The van der Waals surface area contributed by atoms with Crippen LogP contribution in [0, 0.1) is 11.3 Å². The maximum atomic E-state index is 11.3. The number of carbonyl (C=O) groups excluding carboxylic acids is 1. The lowest BCUT2D eigenvalue weighted by molar-refractivity contribution is -0.119. The van der Waals surface area contributed by atoms with Gasteiger partial charge in [-0.25, -0.2) is 0 Å². The molecule has 0 saturated carbocycles. The number of hydrogen-bond donors (Lipinski definition) is 1. The van der Waals surface area contributed by atoms with Gasteiger partial charge in [0.15, 0.2) is 5.78 Å². The van der Waals surface area contributed by atoms with Crippen molar-refractivity contribution in [2.24, 2.45) is 5.73 Å². The van der Waals surface area contributed by atoms with Crippen molar-refractivity contribution in [3.63, 3.8) is 0 Å². The lowest BCUT2D eigenvalue weighted by atomic mass is 10.0. The Balaban J connectivity index is 3.25. The second kappa shape index (κ2) is 12.6. The van der Waals surface area contributed by atoms with Crippen LogP contribution in [0.2, 0.25) is 0 Å². The molecule has 0 bridgehead atoms. The molecule has 3 nitrogen and oxygen atoms in total. The average molecular weight is 252 g/mol. The monoisotopic (exact) mass is 252 g/mol. The summed E-state index contributed by atoms with van der Waals surface area (Å²) < 4.78 is 0. The first kappa shape index (κ1) is 17.1. The Labute approximate surface area is 112 Å². The van der Waals surface area contributed by atoms with E-state index in [1.165, 1.54) is 44.9 Å². The van der Waals surface area contributed by atoms with Crippen LogP contribution in [0.4, 0.5) is 0 Å². The van der Waals surface area contributed by atoms with E-state index in [2.05, 4.69) is 6.92 Å². The highest BCUT2D eigenvalue weighted by molar-refractivity contribution is 5.85. The molecule has 0 rings (SSSR count). The Kier molecular flexibility index (Phi) is 12.0. The molecule has 0 aliphatic heterocycles. The molecule has 0 spiro atoms. The van der Waals surface area contributed by atoms with Gasteiger partial charge in [-0.1, -0.05) is 64.7 Å². The van der Waals surface area contributed by atoms with Crippen LogP contribution >= 0.6 is 0 Å². The summed E-state index contributed by atoms with van der Waals surface area (Å²) in [6.45, 7) is 2.23. The Bertz CT molecular complexity index is 245. The van der Waals surface area contributed by atoms with Gasteiger partial charge < -0.3 is 5.73 Å². The van der Waals surface area contributed by atoms with Gasteiger partial charge in [-0.3, -0.25) is 4.79 Å². The van der Waals surface area contributed by atoms with Gasteiger partial charge in [0.05, 0.1) is 18.5 Å². The van der Waals surface area contributed by atoms with Crippen molar-refractivity contribution in [3.8, 4) is 6.07 Å². The summed E-state index contributed by atoms with van der Waals surface area (Å²) in [5, 5.41) is 8.39. The minimum absolute atomic E-state index is 0.0431. The number of nitrogens with zero attached hydrogens (tertiary/aromatic N) is 1. The van der Waals surface area contributed by atoms with Gasteiger partial charge in [-0.05, 0) is 6.42 Å². The molecule has 1 unspecified atom stereocenters. The zero-order chi connectivity index (χ0) is 13.6. The van der Waals surface area contributed by atoms with E-state index in [9.17, 15) is 4.79 Å². The molecule has 0 aromatic heterocycles. The predicted octanol–water partition coefficient (Wildman–Crippen LogP) is 3.72. The highest BCUT2D eigenvalue weighted by atomic mass is 16.1. The predicted molar refractivity (Wildman–Crippen MR) is 75.1 cm³/mol. The minimum Gasteiger partial charge on any atom is -0.321 e. The Morgan fingerprint density at radius 2 is 1.56 bits per heavy atom. The summed E-state index contributed by atoms with van der Waals surface area (Å²) in [6, 6.07) is 1.43. The van der Waals surface area contributed by atoms with E-state index in [0.717, 1.165) is 19.3 Å². The van der Waals surface area contributed by atoms with Crippen molar-refractivity contribution in [1.82, 2.24) is 0 Å². The standard InChI is InChI=1S/C15H28N2O/c1-2-3-4-5-6-7-8-9-10-11-14(17)15(18)12-13-16/h14H,2-12,17H2,1H3. The number of nitriles is 1. The van der Waals surface area contributed by atoms with Crippen LogP contribution in [-0.4, -0.2) is 11.8 Å². The van der Waals surface area contributed by atoms with Crippen molar-refractivity contribution in [2.45, 2.75) is 83.6 Å². The topological polar surface area (TPSA) is 66.9 Å². The number of nitrogens with two attached hydrogens (primary N) is 1. The molecule has 0 heterocycles. The molecule has 0 aliphatic carbocycles. The van der Waals surface area contributed by atoms with Gasteiger partial charge in [0, 0.05) is 0 Å². The number of rotatable bonds is 12. The number of Topliss-reactive ketones (excluding diaryl/α,β-unsaturated/α-hetero) is 1. The summed E-state index contributed by atoms with van der Waals surface area (Å²) in [5.41, 5.74) is 5.70. The molecule has 1 atom stereocenters. The molecule has 18 heavy (non-hydrogen) atoms. The fraction of sp³-hybridized carbons (Fsp3) is 0.867. The lowest BCUT2D eigenvalue weighted by Gasteiger charge is -2.08. The van der Waals surface area contributed by atoms with Gasteiger partial charge >= 0.3 is 0 Å². The van der Waals surface area contributed by atoms with Crippen LogP contribution in [0.5, 0.6) is 0 Å². The van der Waals surface area contributed by atoms with Crippen molar-refractivity contribution >= 4 is 5.78 Å². The van der Waals surface area contributed by atoms with E-state index < -0.39 is 6.04 Å². The normalized spacial score (nSPS) is 12.1. The largest absolute Gasteiger partial charge is 0.321 e. The summed E-state index contributed by atoms with van der Waals surface area (Å²) in [5.74, 6) is -0.114. The molecule has 0 aromatic carbocycles. The van der Waals surface area contributed by atoms with Crippen molar-refractivity contribution in [1.29, 1.82) is 5.26 Å². The summed E-state index contributed by atoms with van der Waals surface area (Å²) >= 11 is 0. The van der Waals surface area contributed by atoms with E-state index in [1.807, 2.05) is 6.07 Å².